The third kappa shape index (κ3) is 3.55. The van der Waals surface area contributed by atoms with E-state index in [-0.39, 0.29) is 18.4 Å². The van der Waals surface area contributed by atoms with Gasteiger partial charge in [0.1, 0.15) is 12.1 Å². The predicted octanol–water partition coefficient (Wildman–Crippen LogP) is 3.09. The third-order valence-corrected chi connectivity index (χ3v) is 5.23. The Kier molecular flexibility index (Phi) is 4.50. The maximum absolute atomic E-state index is 12.6. The van der Waals surface area contributed by atoms with Crippen molar-refractivity contribution in [1.29, 1.82) is 0 Å². The normalized spacial score (nSPS) is 21.4. The number of rotatable bonds is 6. The van der Waals surface area contributed by atoms with Crippen LogP contribution in [0.3, 0.4) is 0 Å². The first-order valence-corrected chi connectivity index (χ1v) is 9.32. The molecule has 1 atom stereocenters. The smallest absolute Gasteiger partial charge is 0.325 e. The summed E-state index contributed by atoms with van der Waals surface area (Å²) in [5, 5.41) is 8.74. The summed E-state index contributed by atoms with van der Waals surface area (Å²) in [6.45, 7) is 1.44. The van der Waals surface area contributed by atoms with Gasteiger partial charge >= 0.3 is 6.03 Å². The molecule has 4 amide bonds. The summed E-state index contributed by atoms with van der Waals surface area (Å²) in [4.78, 5) is 38.1. The average Bonchev–Trinajstić information content (AvgIpc) is 3.50. The van der Waals surface area contributed by atoms with Gasteiger partial charge in [0, 0.05) is 17.1 Å². The molecular formula is C21H22N4O3. The predicted molar refractivity (Wildman–Crippen MR) is 106 cm³/mol. The molecule has 28 heavy (non-hydrogen) atoms. The van der Waals surface area contributed by atoms with E-state index in [1.54, 1.807) is 19.1 Å². The van der Waals surface area contributed by atoms with Crippen molar-refractivity contribution >= 4 is 34.9 Å². The Labute approximate surface area is 163 Å². The topological polar surface area (TPSA) is 90.5 Å². The van der Waals surface area contributed by atoms with Crippen LogP contribution >= 0.6 is 0 Å². The third-order valence-electron chi connectivity index (χ3n) is 5.23. The highest BCUT2D eigenvalue weighted by molar-refractivity contribution is 6.10. The molecule has 2 aliphatic rings. The van der Waals surface area contributed by atoms with Crippen LogP contribution in [0.2, 0.25) is 0 Å². The molecule has 1 heterocycles. The SMILES string of the molecule is C[C@]1(C2CC2)NC(=O)N(CC(=O)Nc2ccc(Nc3ccccc3)cc2)C1=O. The first kappa shape index (κ1) is 18.0. The number of urea groups is 1. The van der Waals surface area contributed by atoms with Crippen LogP contribution in [0.5, 0.6) is 0 Å². The van der Waals surface area contributed by atoms with E-state index in [1.807, 2.05) is 42.5 Å². The molecule has 0 radical (unpaired) electrons. The molecule has 1 saturated heterocycles. The van der Waals surface area contributed by atoms with Gasteiger partial charge in [0.15, 0.2) is 0 Å². The number of anilines is 3. The number of benzene rings is 2. The van der Waals surface area contributed by atoms with Crippen molar-refractivity contribution < 1.29 is 14.4 Å². The van der Waals surface area contributed by atoms with Gasteiger partial charge in [-0.2, -0.15) is 0 Å². The highest BCUT2D eigenvalue weighted by Gasteiger charge is 2.56. The maximum Gasteiger partial charge on any atom is 0.325 e. The summed E-state index contributed by atoms with van der Waals surface area (Å²) in [6, 6.07) is 16.5. The molecule has 2 aromatic rings. The number of hydrogen-bond acceptors (Lipinski definition) is 4. The van der Waals surface area contributed by atoms with Crippen molar-refractivity contribution in [3.05, 3.63) is 54.6 Å². The van der Waals surface area contributed by atoms with Gasteiger partial charge in [0.25, 0.3) is 5.91 Å². The minimum absolute atomic E-state index is 0.168. The van der Waals surface area contributed by atoms with Gasteiger partial charge < -0.3 is 16.0 Å². The zero-order valence-electron chi connectivity index (χ0n) is 15.6. The molecule has 1 aliphatic heterocycles. The van der Waals surface area contributed by atoms with Gasteiger partial charge in [-0.1, -0.05) is 18.2 Å². The maximum atomic E-state index is 12.6. The minimum atomic E-state index is -0.873. The van der Waals surface area contributed by atoms with E-state index in [0.717, 1.165) is 29.1 Å². The number of imide groups is 1. The lowest BCUT2D eigenvalue weighted by Gasteiger charge is -2.20. The van der Waals surface area contributed by atoms with Gasteiger partial charge in [-0.15, -0.1) is 0 Å². The van der Waals surface area contributed by atoms with Crippen molar-refractivity contribution in [2.75, 3.05) is 17.2 Å². The van der Waals surface area contributed by atoms with E-state index in [2.05, 4.69) is 16.0 Å². The number of amides is 4. The van der Waals surface area contributed by atoms with Crippen LogP contribution < -0.4 is 16.0 Å². The van der Waals surface area contributed by atoms with Crippen molar-refractivity contribution in [3.8, 4) is 0 Å². The van der Waals surface area contributed by atoms with E-state index in [1.165, 1.54) is 0 Å². The second-order valence-corrected chi connectivity index (χ2v) is 7.41. The molecule has 0 spiro atoms. The molecule has 0 aromatic heterocycles. The largest absolute Gasteiger partial charge is 0.356 e. The Balaban J connectivity index is 1.35. The summed E-state index contributed by atoms with van der Waals surface area (Å²) in [6.07, 6.45) is 1.85. The molecule has 2 fully saturated rings. The Hall–Kier alpha value is -3.35. The highest BCUT2D eigenvalue weighted by atomic mass is 16.2. The number of carbonyl (C=O) groups excluding carboxylic acids is 3. The van der Waals surface area contributed by atoms with Crippen molar-refractivity contribution in [3.63, 3.8) is 0 Å². The molecule has 7 heteroatoms. The van der Waals surface area contributed by atoms with Crippen LogP contribution in [-0.4, -0.2) is 34.8 Å². The summed E-state index contributed by atoms with van der Waals surface area (Å²) in [7, 11) is 0. The molecule has 0 bridgehead atoms. The first-order valence-electron chi connectivity index (χ1n) is 9.32. The number of para-hydroxylation sites is 1. The summed E-state index contributed by atoms with van der Waals surface area (Å²) in [5.41, 5.74) is 1.58. The summed E-state index contributed by atoms with van der Waals surface area (Å²) >= 11 is 0. The van der Waals surface area contributed by atoms with Crippen LogP contribution in [0, 0.1) is 5.92 Å². The van der Waals surface area contributed by atoms with E-state index >= 15 is 0 Å². The zero-order chi connectivity index (χ0) is 19.7. The Morgan fingerprint density at radius 1 is 1.04 bits per heavy atom. The number of nitrogens with one attached hydrogen (secondary N) is 3. The highest BCUT2D eigenvalue weighted by Crippen LogP contribution is 2.42. The fourth-order valence-electron chi connectivity index (χ4n) is 3.47. The Morgan fingerprint density at radius 3 is 2.29 bits per heavy atom. The van der Waals surface area contributed by atoms with E-state index < -0.39 is 17.5 Å². The second-order valence-electron chi connectivity index (χ2n) is 7.41. The van der Waals surface area contributed by atoms with Crippen LogP contribution in [0.1, 0.15) is 19.8 Å². The Morgan fingerprint density at radius 2 is 1.64 bits per heavy atom. The van der Waals surface area contributed by atoms with Crippen LogP contribution in [0.15, 0.2) is 54.6 Å². The van der Waals surface area contributed by atoms with Gasteiger partial charge in [-0.25, -0.2) is 4.79 Å². The molecule has 144 valence electrons. The molecule has 2 aromatic carbocycles. The molecule has 3 N–H and O–H groups in total. The number of hydrogen-bond donors (Lipinski definition) is 3. The molecule has 4 rings (SSSR count). The molecule has 0 unspecified atom stereocenters. The van der Waals surface area contributed by atoms with Gasteiger partial charge in [0.2, 0.25) is 5.91 Å². The van der Waals surface area contributed by atoms with E-state index in [9.17, 15) is 14.4 Å². The minimum Gasteiger partial charge on any atom is -0.356 e. The fourth-order valence-corrected chi connectivity index (χ4v) is 3.47. The van der Waals surface area contributed by atoms with Gasteiger partial charge in [0.05, 0.1) is 0 Å². The Bertz CT molecular complexity index is 909. The zero-order valence-corrected chi connectivity index (χ0v) is 15.6. The monoisotopic (exact) mass is 378 g/mol. The van der Waals surface area contributed by atoms with E-state index in [0.29, 0.717) is 5.69 Å². The van der Waals surface area contributed by atoms with Gasteiger partial charge in [-0.3, -0.25) is 14.5 Å². The average molecular weight is 378 g/mol. The van der Waals surface area contributed by atoms with Crippen LogP contribution in [-0.2, 0) is 9.59 Å². The van der Waals surface area contributed by atoms with E-state index in [4.69, 9.17) is 0 Å². The van der Waals surface area contributed by atoms with Crippen molar-refractivity contribution in [1.82, 2.24) is 10.2 Å². The molecule has 1 saturated carbocycles. The molecule has 7 nitrogen and oxygen atoms in total. The summed E-state index contributed by atoms with van der Waals surface area (Å²) < 4.78 is 0. The van der Waals surface area contributed by atoms with Gasteiger partial charge in [-0.05, 0) is 62.1 Å². The number of nitrogens with zero attached hydrogens (tertiary/aromatic N) is 1. The van der Waals surface area contributed by atoms with Crippen LogP contribution in [0.4, 0.5) is 21.9 Å². The fraction of sp³-hybridized carbons (Fsp3) is 0.286. The lowest BCUT2D eigenvalue weighted by molar-refractivity contribution is -0.134. The lowest BCUT2D eigenvalue weighted by atomic mass is 9.96. The second kappa shape index (κ2) is 6.99. The lowest BCUT2D eigenvalue weighted by Crippen LogP contribution is -2.46. The van der Waals surface area contributed by atoms with Crippen molar-refractivity contribution in [2.45, 2.75) is 25.3 Å². The quantitative estimate of drug-likeness (QED) is 0.674. The standard InChI is InChI=1S/C21H22N4O3/c1-21(14-7-8-14)19(27)25(20(28)24-21)13-18(26)23-17-11-9-16(10-12-17)22-15-5-3-2-4-6-15/h2-6,9-12,14,22H,7-8,13H2,1H3,(H,23,26)(H,24,28)/t21-/m1/s1. The van der Waals surface area contributed by atoms with Crippen LogP contribution in [0.25, 0.3) is 0 Å². The molecular weight excluding hydrogens is 356 g/mol. The van der Waals surface area contributed by atoms with Crippen molar-refractivity contribution in [2.24, 2.45) is 5.92 Å². The summed E-state index contributed by atoms with van der Waals surface area (Å²) in [5.74, 6) is -0.563. The molecule has 1 aliphatic carbocycles. The first-order chi connectivity index (χ1) is 13.5. The number of carbonyl (C=O) groups is 3.